The van der Waals surface area contributed by atoms with Gasteiger partial charge in [-0.1, -0.05) is 23.7 Å². The Hall–Kier alpha value is -2.24. The number of benzene rings is 2. The highest BCUT2D eigenvalue weighted by Gasteiger charge is 2.28. The van der Waals surface area contributed by atoms with Crippen LogP contribution in [0.4, 0.5) is 5.69 Å². The van der Waals surface area contributed by atoms with E-state index in [0.717, 1.165) is 36.4 Å². The molecular weight excluding hydrogens is 374 g/mol. The molecule has 28 heavy (non-hydrogen) atoms. The van der Waals surface area contributed by atoms with Gasteiger partial charge in [0, 0.05) is 36.9 Å². The highest BCUT2D eigenvalue weighted by Crippen LogP contribution is 2.36. The molecule has 0 bridgehead atoms. The van der Waals surface area contributed by atoms with Crippen LogP contribution in [0.1, 0.15) is 31.2 Å². The van der Waals surface area contributed by atoms with Gasteiger partial charge in [-0.05, 0) is 44.0 Å². The van der Waals surface area contributed by atoms with Gasteiger partial charge in [0.05, 0.1) is 10.9 Å². The van der Waals surface area contributed by atoms with Crippen molar-refractivity contribution in [2.24, 2.45) is 0 Å². The number of aromatic nitrogens is 1. The molecule has 0 aliphatic carbocycles. The summed E-state index contributed by atoms with van der Waals surface area (Å²) in [4.78, 5) is 7.06. The fourth-order valence-corrected chi connectivity index (χ4v) is 4.57. The Morgan fingerprint density at radius 1 is 1.14 bits per heavy atom. The zero-order valence-corrected chi connectivity index (χ0v) is 16.9. The number of piperazine rings is 1. The predicted molar refractivity (Wildman–Crippen MR) is 112 cm³/mol. The molecule has 1 N–H and O–H groups in total. The molecular formula is C22H24ClN3O2. The van der Waals surface area contributed by atoms with Crippen molar-refractivity contribution in [3.63, 3.8) is 0 Å². The predicted octanol–water partition coefficient (Wildman–Crippen LogP) is 4.39. The number of hydrogen-bond donors (Lipinski definition) is 1. The van der Waals surface area contributed by atoms with Crippen LogP contribution in [-0.4, -0.2) is 36.8 Å². The number of fused-ring (bicyclic) bond motifs is 2. The lowest BCUT2D eigenvalue weighted by Crippen LogP contribution is -2.54. The summed E-state index contributed by atoms with van der Waals surface area (Å²) >= 11 is 6.24. The van der Waals surface area contributed by atoms with Crippen molar-refractivity contribution < 1.29 is 9.15 Å². The van der Waals surface area contributed by atoms with Gasteiger partial charge in [-0.3, -0.25) is 0 Å². The maximum absolute atomic E-state index is 6.24. The van der Waals surface area contributed by atoms with Crippen LogP contribution < -0.4 is 15.0 Å². The molecule has 146 valence electrons. The van der Waals surface area contributed by atoms with Crippen molar-refractivity contribution in [3.8, 4) is 5.75 Å². The minimum Gasteiger partial charge on any atom is -0.492 e. The van der Waals surface area contributed by atoms with Gasteiger partial charge >= 0.3 is 0 Å². The van der Waals surface area contributed by atoms with E-state index in [-0.39, 0.29) is 5.92 Å². The number of rotatable bonds is 2. The number of nitrogens with one attached hydrogen (secondary N) is 1. The molecule has 0 radical (unpaired) electrons. The molecule has 3 atom stereocenters. The second-order valence-corrected chi connectivity index (χ2v) is 8.42. The van der Waals surface area contributed by atoms with E-state index in [1.54, 1.807) is 0 Å². The standard InChI is InChI=1S/C22H24ClN3O2/c1-13-10-26(11-14(2)24-13)17-7-6-15-8-16(12-27-20(15)9-17)22-25-21-18(23)4-3-5-19(21)28-22/h3-7,9,13-14,16,24H,8,10-12H2,1-2H3/t13-,14+,16?. The molecule has 5 nitrogen and oxygen atoms in total. The van der Waals surface area contributed by atoms with Crippen molar-refractivity contribution in [2.75, 3.05) is 24.6 Å². The largest absolute Gasteiger partial charge is 0.492 e. The van der Waals surface area contributed by atoms with Crippen LogP contribution >= 0.6 is 11.6 Å². The first kappa shape index (κ1) is 17.8. The third kappa shape index (κ3) is 3.23. The summed E-state index contributed by atoms with van der Waals surface area (Å²) in [6, 6.07) is 13.2. The molecule has 2 aliphatic heterocycles. The van der Waals surface area contributed by atoms with Crippen LogP contribution in [0.15, 0.2) is 40.8 Å². The topological polar surface area (TPSA) is 50.5 Å². The Morgan fingerprint density at radius 2 is 1.96 bits per heavy atom. The first-order chi connectivity index (χ1) is 13.6. The number of para-hydroxylation sites is 1. The van der Waals surface area contributed by atoms with E-state index >= 15 is 0 Å². The van der Waals surface area contributed by atoms with E-state index < -0.39 is 0 Å². The van der Waals surface area contributed by atoms with Crippen LogP contribution in [0.3, 0.4) is 0 Å². The average molecular weight is 398 g/mol. The second-order valence-electron chi connectivity index (χ2n) is 8.02. The normalized spacial score (nSPS) is 24.8. The van der Waals surface area contributed by atoms with Gasteiger partial charge < -0.3 is 19.4 Å². The van der Waals surface area contributed by atoms with Crippen LogP contribution in [-0.2, 0) is 6.42 Å². The van der Waals surface area contributed by atoms with Crippen LogP contribution in [0.5, 0.6) is 5.75 Å². The second kappa shape index (κ2) is 6.98. The van der Waals surface area contributed by atoms with E-state index in [1.165, 1.54) is 11.3 Å². The number of halogens is 1. The first-order valence-electron chi connectivity index (χ1n) is 9.88. The zero-order valence-electron chi connectivity index (χ0n) is 16.1. The molecule has 1 saturated heterocycles. The summed E-state index contributed by atoms with van der Waals surface area (Å²) in [5, 5.41) is 4.20. The summed E-state index contributed by atoms with van der Waals surface area (Å²) in [7, 11) is 0. The molecule has 5 rings (SSSR count). The van der Waals surface area contributed by atoms with Gasteiger partial charge in [0.15, 0.2) is 5.58 Å². The Balaban J connectivity index is 1.38. The monoisotopic (exact) mass is 397 g/mol. The van der Waals surface area contributed by atoms with Crippen LogP contribution in [0.25, 0.3) is 11.1 Å². The Bertz CT molecular complexity index is 1010. The molecule has 1 unspecified atom stereocenters. The van der Waals surface area contributed by atoms with Crippen molar-refractivity contribution in [2.45, 2.75) is 38.3 Å². The summed E-state index contributed by atoms with van der Waals surface area (Å²) in [6.07, 6.45) is 0.856. The zero-order chi connectivity index (χ0) is 19.3. The summed E-state index contributed by atoms with van der Waals surface area (Å²) < 4.78 is 12.1. The lowest BCUT2D eigenvalue weighted by Gasteiger charge is -2.38. The number of ether oxygens (including phenoxy) is 1. The Morgan fingerprint density at radius 3 is 2.75 bits per heavy atom. The maximum Gasteiger partial charge on any atom is 0.202 e. The van der Waals surface area contributed by atoms with Gasteiger partial charge in [-0.15, -0.1) is 0 Å². The quantitative estimate of drug-likeness (QED) is 0.695. The van der Waals surface area contributed by atoms with E-state index in [1.807, 2.05) is 18.2 Å². The molecule has 2 aliphatic rings. The molecule has 0 amide bonds. The molecule has 3 heterocycles. The van der Waals surface area contributed by atoms with E-state index in [0.29, 0.717) is 29.6 Å². The summed E-state index contributed by atoms with van der Waals surface area (Å²) in [5.41, 5.74) is 3.88. The van der Waals surface area contributed by atoms with Crippen molar-refractivity contribution >= 4 is 28.4 Å². The lowest BCUT2D eigenvalue weighted by atomic mass is 9.96. The number of oxazole rings is 1. The molecule has 1 fully saturated rings. The number of anilines is 1. The number of hydrogen-bond acceptors (Lipinski definition) is 5. The summed E-state index contributed by atoms with van der Waals surface area (Å²) in [5.74, 6) is 1.77. The fourth-order valence-electron chi connectivity index (χ4n) is 4.36. The SMILES string of the molecule is C[C@@H]1CN(c2ccc3c(c2)OCC(c2nc4c(Cl)cccc4o2)C3)C[C@H](C)N1. The van der Waals surface area contributed by atoms with Crippen molar-refractivity contribution in [3.05, 3.63) is 52.9 Å². The van der Waals surface area contributed by atoms with Crippen LogP contribution in [0.2, 0.25) is 5.02 Å². The average Bonchev–Trinajstić information content (AvgIpc) is 3.12. The van der Waals surface area contributed by atoms with E-state index in [9.17, 15) is 0 Å². The van der Waals surface area contributed by atoms with Gasteiger partial charge in [-0.2, -0.15) is 0 Å². The van der Waals surface area contributed by atoms with Gasteiger partial charge in [0.25, 0.3) is 0 Å². The molecule has 2 aromatic carbocycles. The van der Waals surface area contributed by atoms with Gasteiger partial charge in [-0.25, -0.2) is 4.98 Å². The smallest absolute Gasteiger partial charge is 0.202 e. The Labute approximate surface area is 169 Å². The van der Waals surface area contributed by atoms with Crippen molar-refractivity contribution in [1.82, 2.24) is 10.3 Å². The third-order valence-corrected chi connectivity index (χ3v) is 5.92. The minimum absolute atomic E-state index is 0.0982. The highest BCUT2D eigenvalue weighted by atomic mass is 35.5. The fraction of sp³-hybridized carbons (Fsp3) is 0.409. The third-order valence-electron chi connectivity index (χ3n) is 5.62. The first-order valence-corrected chi connectivity index (χ1v) is 10.3. The van der Waals surface area contributed by atoms with Crippen molar-refractivity contribution in [1.29, 1.82) is 0 Å². The number of nitrogens with zero attached hydrogens (tertiary/aromatic N) is 2. The minimum atomic E-state index is 0.0982. The molecule has 0 spiro atoms. The van der Waals surface area contributed by atoms with E-state index in [4.69, 9.17) is 20.8 Å². The van der Waals surface area contributed by atoms with Gasteiger partial charge in [0.1, 0.15) is 17.9 Å². The lowest BCUT2D eigenvalue weighted by molar-refractivity contribution is 0.243. The highest BCUT2D eigenvalue weighted by molar-refractivity contribution is 6.34. The van der Waals surface area contributed by atoms with Crippen LogP contribution in [0, 0.1) is 0 Å². The molecule has 1 aromatic heterocycles. The molecule has 3 aromatic rings. The Kier molecular flexibility index (Phi) is 4.44. The molecule has 6 heteroatoms. The summed E-state index contributed by atoms with van der Waals surface area (Å²) in [6.45, 7) is 7.05. The molecule has 0 saturated carbocycles. The maximum atomic E-state index is 6.24. The van der Waals surface area contributed by atoms with E-state index in [2.05, 4.69) is 47.2 Å². The van der Waals surface area contributed by atoms with Gasteiger partial charge in [0.2, 0.25) is 5.89 Å².